The van der Waals surface area contributed by atoms with Crippen LogP contribution in [-0.4, -0.2) is 46.8 Å². The molecule has 0 bridgehead atoms. The van der Waals surface area contributed by atoms with Crippen LogP contribution in [0.25, 0.3) is 0 Å². The third kappa shape index (κ3) is 6.10. The number of rotatable bonds is 5. The number of amides is 1. The summed E-state index contributed by atoms with van der Waals surface area (Å²) in [4.78, 5) is 12.2. The van der Waals surface area contributed by atoms with Gasteiger partial charge in [0.05, 0.1) is 12.2 Å². The minimum atomic E-state index is -4.40. The van der Waals surface area contributed by atoms with E-state index in [4.69, 9.17) is 0 Å². The molecule has 11 heteroatoms. The molecule has 1 aliphatic heterocycles. The molecule has 1 saturated heterocycles. The molecule has 2 N–H and O–H groups in total. The van der Waals surface area contributed by atoms with Crippen LogP contribution in [0, 0.1) is 0 Å². The van der Waals surface area contributed by atoms with Crippen LogP contribution in [0.1, 0.15) is 29.4 Å². The van der Waals surface area contributed by atoms with Gasteiger partial charge in [-0.25, -0.2) is 4.68 Å². The molecule has 7 nitrogen and oxygen atoms in total. The summed E-state index contributed by atoms with van der Waals surface area (Å²) in [6.45, 7) is 0.433. The van der Waals surface area contributed by atoms with Crippen LogP contribution in [0.2, 0.25) is 0 Å². The van der Waals surface area contributed by atoms with Crippen molar-refractivity contribution in [1.82, 2.24) is 20.3 Å². The number of nitrogens with one attached hydrogen (secondary N) is 2. The van der Waals surface area contributed by atoms with Crippen molar-refractivity contribution in [3.8, 4) is 5.75 Å². The van der Waals surface area contributed by atoms with Crippen LogP contribution in [0.3, 0.4) is 0 Å². The first kappa shape index (κ1) is 21.0. The summed E-state index contributed by atoms with van der Waals surface area (Å²) in [5.41, 5.74) is 0.603. The fraction of sp³-hybridized carbons (Fsp3) is 0.438. The number of piperidine rings is 1. The second kappa shape index (κ2) is 9.05. The Balaban J connectivity index is 0.00000261. The fourth-order valence-electron chi connectivity index (χ4n) is 2.63. The van der Waals surface area contributed by atoms with Gasteiger partial charge < -0.3 is 15.4 Å². The van der Waals surface area contributed by atoms with Gasteiger partial charge in [0.1, 0.15) is 5.75 Å². The number of anilines is 1. The van der Waals surface area contributed by atoms with E-state index in [1.54, 1.807) is 10.9 Å². The van der Waals surface area contributed by atoms with Gasteiger partial charge in [-0.2, -0.15) is 13.2 Å². The van der Waals surface area contributed by atoms with Crippen LogP contribution in [0.5, 0.6) is 5.75 Å². The van der Waals surface area contributed by atoms with Crippen molar-refractivity contribution in [3.05, 3.63) is 36.2 Å². The van der Waals surface area contributed by atoms with Crippen molar-refractivity contribution in [2.45, 2.75) is 25.1 Å². The third-order valence-corrected chi connectivity index (χ3v) is 3.94. The topological polar surface area (TPSA) is 81.1 Å². The second-order valence-electron chi connectivity index (χ2n) is 5.95. The highest BCUT2D eigenvalue weighted by atomic mass is 35.5. The van der Waals surface area contributed by atoms with Crippen LogP contribution in [0.4, 0.5) is 18.9 Å². The highest BCUT2D eigenvalue weighted by Crippen LogP contribution is 2.21. The summed E-state index contributed by atoms with van der Waals surface area (Å²) < 4.78 is 42.7. The number of hydrogen-bond donors (Lipinski definition) is 2. The zero-order valence-corrected chi connectivity index (χ0v) is 15.0. The van der Waals surface area contributed by atoms with Crippen molar-refractivity contribution >= 4 is 24.0 Å². The highest BCUT2D eigenvalue weighted by Gasteiger charge is 2.28. The van der Waals surface area contributed by atoms with E-state index in [1.165, 1.54) is 24.3 Å². The molecular weight excluding hydrogens is 387 g/mol. The lowest BCUT2D eigenvalue weighted by molar-refractivity contribution is -0.153. The molecule has 148 valence electrons. The van der Waals surface area contributed by atoms with Gasteiger partial charge in [0.25, 0.3) is 5.91 Å². The Bertz CT molecular complexity index is 745. The molecule has 1 fully saturated rings. The molecular formula is C16H19ClF3N5O2. The van der Waals surface area contributed by atoms with Crippen molar-refractivity contribution in [3.63, 3.8) is 0 Å². The summed E-state index contributed by atoms with van der Waals surface area (Å²) in [5, 5.41) is 13.8. The SMILES string of the molecule is Cl.O=C(Nc1ccc(OCC(F)(F)F)cc1)c1cn(C2CCNCC2)nn1. The minimum Gasteiger partial charge on any atom is -0.484 e. The van der Waals surface area contributed by atoms with Gasteiger partial charge in [-0.3, -0.25) is 4.79 Å². The molecule has 0 radical (unpaired) electrons. The predicted octanol–water partition coefficient (Wildman–Crippen LogP) is 2.82. The molecule has 1 aliphatic rings. The highest BCUT2D eigenvalue weighted by molar-refractivity contribution is 6.02. The van der Waals surface area contributed by atoms with Crippen molar-refractivity contribution in [2.75, 3.05) is 25.0 Å². The first-order valence-electron chi connectivity index (χ1n) is 8.14. The molecule has 0 saturated carbocycles. The van der Waals surface area contributed by atoms with Crippen LogP contribution in [-0.2, 0) is 0 Å². The maximum Gasteiger partial charge on any atom is 0.422 e. The summed E-state index contributed by atoms with van der Waals surface area (Å²) in [6.07, 6.45) is -0.952. The van der Waals surface area contributed by atoms with Gasteiger partial charge in [-0.05, 0) is 50.2 Å². The molecule has 1 aromatic carbocycles. The lowest BCUT2D eigenvalue weighted by Crippen LogP contribution is -2.29. The number of carbonyl (C=O) groups is 1. The molecule has 0 aliphatic carbocycles. The maximum atomic E-state index is 12.2. The Morgan fingerprint density at radius 1 is 1.26 bits per heavy atom. The maximum absolute atomic E-state index is 12.2. The van der Waals surface area contributed by atoms with Crippen LogP contribution < -0.4 is 15.4 Å². The van der Waals surface area contributed by atoms with Crippen molar-refractivity contribution in [2.24, 2.45) is 0 Å². The summed E-state index contributed by atoms with van der Waals surface area (Å²) in [7, 11) is 0. The normalized spacial score (nSPS) is 15.1. The standard InChI is InChI=1S/C16H18F3N5O2.ClH/c17-16(18,19)10-26-13-3-1-11(2-4-13)21-15(25)14-9-24(23-22-14)12-5-7-20-8-6-12;/h1-4,9,12,20H,5-8,10H2,(H,21,25);1H. The molecule has 2 aromatic rings. The van der Waals surface area contributed by atoms with E-state index in [0.717, 1.165) is 25.9 Å². The quantitative estimate of drug-likeness (QED) is 0.799. The summed E-state index contributed by atoms with van der Waals surface area (Å²) >= 11 is 0. The van der Waals surface area contributed by atoms with Crippen LogP contribution in [0.15, 0.2) is 30.5 Å². The third-order valence-electron chi connectivity index (χ3n) is 3.94. The van der Waals surface area contributed by atoms with E-state index in [-0.39, 0.29) is 29.9 Å². The number of benzene rings is 1. The van der Waals surface area contributed by atoms with E-state index in [0.29, 0.717) is 5.69 Å². The molecule has 27 heavy (non-hydrogen) atoms. The zero-order valence-electron chi connectivity index (χ0n) is 14.2. The fourth-order valence-corrected chi connectivity index (χ4v) is 2.63. The Hall–Kier alpha value is -2.33. The molecule has 1 amide bonds. The minimum absolute atomic E-state index is 0. The van der Waals surface area contributed by atoms with E-state index < -0.39 is 18.7 Å². The van der Waals surface area contributed by atoms with Gasteiger partial charge in [0.15, 0.2) is 12.3 Å². The monoisotopic (exact) mass is 405 g/mol. The molecule has 0 atom stereocenters. The van der Waals surface area contributed by atoms with Gasteiger partial charge in [-0.15, -0.1) is 17.5 Å². The number of aromatic nitrogens is 3. The van der Waals surface area contributed by atoms with Crippen molar-refractivity contribution < 1.29 is 22.7 Å². The van der Waals surface area contributed by atoms with Crippen molar-refractivity contribution in [1.29, 1.82) is 0 Å². The molecule has 2 heterocycles. The predicted molar refractivity (Wildman–Crippen MR) is 94.4 cm³/mol. The average molecular weight is 406 g/mol. The van der Waals surface area contributed by atoms with Gasteiger partial charge >= 0.3 is 6.18 Å². The van der Waals surface area contributed by atoms with E-state index in [2.05, 4.69) is 25.7 Å². The van der Waals surface area contributed by atoms with Gasteiger partial charge in [0, 0.05) is 5.69 Å². The number of nitrogens with zero attached hydrogens (tertiary/aromatic N) is 3. The number of alkyl halides is 3. The largest absolute Gasteiger partial charge is 0.484 e. The smallest absolute Gasteiger partial charge is 0.422 e. The van der Waals surface area contributed by atoms with E-state index >= 15 is 0 Å². The Morgan fingerprint density at radius 3 is 2.56 bits per heavy atom. The first-order chi connectivity index (χ1) is 12.4. The Labute approximate surface area is 159 Å². The Morgan fingerprint density at radius 2 is 1.93 bits per heavy atom. The van der Waals surface area contributed by atoms with Gasteiger partial charge in [0.2, 0.25) is 0 Å². The lowest BCUT2D eigenvalue weighted by Gasteiger charge is -2.22. The second-order valence-corrected chi connectivity index (χ2v) is 5.95. The van der Waals surface area contributed by atoms with E-state index in [1.807, 2.05) is 0 Å². The molecule has 3 rings (SSSR count). The lowest BCUT2D eigenvalue weighted by atomic mass is 10.1. The molecule has 1 aromatic heterocycles. The summed E-state index contributed by atoms with van der Waals surface area (Å²) in [5.74, 6) is -0.369. The molecule has 0 unspecified atom stereocenters. The zero-order chi connectivity index (χ0) is 18.6. The summed E-state index contributed by atoms with van der Waals surface area (Å²) in [6, 6.07) is 5.85. The number of hydrogen-bond acceptors (Lipinski definition) is 5. The number of ether oxygens (including phenoxy) is 1. The first-order valence-corrected chi connectivity index (χ1v) is 8.14. The van der Waals surface area contributed by atoms with E-state index in [9.17, 15) is 18.0 Å². The number of halogens is 4. The average Bonchev–Trinajstić information content (AvgIpc) is 3.11. The van der Waals surface area contributed by atoms with Gasteiger partial charge in [-0.1, -0.05) is 5.21 Å². The van der Waals surface area contributed by atoms with Crippen LogP contribution >= 0.6 is 12.4 Å². The molecule has 0 spiro atoms. The number of carbonyl (C=O) groups excluding carboxylic acids is 1. The Kier molecular flexibility index (Phi) is 7.03.